The third kappa shape index (κ3) is 3.08. The van der Waals surface area contributed by atoms with Gasteiger partial charge in [0.1, 0.15) is 23.4 Å². The van der Waals surface area contributed by atoms with Crippen LogP contribution in [0.4, 0.5) is 0 Å². The van der Waals surface area contributed by atoms with E-state index in [2.05, 4.69) is 20.1 Å². The summed E-state index contributed by atoms with van der Waals surface area (Å²) in [5, 5.41) is 6.05. The number of aryl methyl sites for hydroxylation is 1. The molecule has 8 heteroatoms. The first-order valence-corrected chi connectivity index (χ1v) is 8.57. The SMILES string of the molecule is COc1ccc(-c2nc(CSc3ncnc4c3cnn4C)co2)cc1. The fourth-order valence-corrected chi connectivity index (χ4v) is 3.28. The molecule has 0 N–H and O–H groups in total. The van der Waals surface area contributed by atoms with Crippen LogP contribution in [0.15, 0.2) is 52.5 Å². The molecule has 0 radical (unpaired) electrons. The standard InChI is InChI=1S/C17H15N5O2S/c1-22-15-14(7-20-22)17(19-10-18-15)25-9-12-8-24-16(21-12)11-3-5-13(23-2)6-4-11/h3-8,10H,9H2,1-2H3. The van der Waals surface area contributed by atoms with Crippen molar-refractivity contribution in [3.63, 3.8) is 0 Å². The van der Waals surface area contributed by atoms with Crippen LogP contribution >= 0.6 is 11.8 Å². The van der Waals surface area contributed by atoms with Crippen LogP contribution in [0.5, 0.6) is 5.75 Å². The quantitative estimate of drug-likeness (QED) is 0.402. The van der Waals surface area contributed by atoms with Crippen LogP contribution in [0.25, 0.3) is 22.5 Å². The van der Waals surface area contributed by atoms with Gasteiger partial charge in [-0.1, -0.05) is 11.8 Å². The Balaban J connectivity index is 1.51. The predicted molar refractivity (Wildman–Crippen MR) is 94.4 cm³/mol. The van der Waals surface area contributed by atoms with Crippen molar-refractivity contribution in [2.45, 2.75) is 10.8 Å². The third-order valence-electron chi connectivity index (χ3n) is 3.74. The molecule has 0 aliphatic heterocycles. The first kappa shape index (κ1) is 15.6. The minimum atomic E-state index is 0.590. The fraction of sp³-hybridized carbons (Fsp3) is 0.176. The van der Waals surface area contributed by atoms with Crippen molar-refractivity contribution in [2.75, 3.05) is 7.11 Å². The lowest BCUT2D eigenvalue weighted by molar-refractivity contribution is 0.415. The monoisotopic (exact) mass is 353 g/mol. The number of ether oxygens (including phenoxy) is 1. The number of fused-ring (bicyclic) bond motifs is 1. The maximum Gasteiger partial charge on any atom is 0.226 e. The van der Waals surface area contributed by atoms with Crippen molar-refractivity contribution in [3.05, 3.63) is 48.7 Å². The summed E-state index contributed by atoms with van der Waals surface area (Å²) in [6, 6.07) is 7.61. The number of hydrogen-bond acceptors (Lipinski definition) is 7. The number of rotatable bonds is 5. The van der Waals surface area contributed by atoms with E-state index in [4.69, 9.17) is 9.15 Å². The lowest BCUT2D eigenvalue weighted by atomic mass is 10.2. The molecular weight excluding hydrogens is 338 g/mol. The number of hydrogen-bond donors (Lipinski definition) is 0. The molecule has 0 aliphatic carbocycles. The van der Waals surface area contributed by atoms with Gasteiger partial charge in [-0.3, -0.25) is 4.68 Å². The first-order chi connectivity index (χ1) is 12.2. The van der Waals surface area contributed by atoms with Gasteiger partial charge in [0, 0.05) is 18.4 Å². The number of oxazole rings is 1. The van der Waals surface area contributed by atoms with Gasteiger partial charge in [-0.25, -0.2) is 15.0 Å². The summed E-state index contributed by atoms with van der Waals surface area (Å²) >= 11 is 1.58. The summed E-state index contributed by atoms with van der Waals surface area (Å²) < 4.78 is 12.5. The van der Waals surface area contributed by atoms with E-state index in [9.17, 15) is 0 Å². The second-order valence-electron chi connectivity index (χ2n) is 5.35. The molecule has 1 aromatic carbocycles. The summed E-state index contributed by atoms with van der Waals surface area (Å²) in [5.74, 6) is 2.04. The Labute approximate surface area is 148 Å². The van der Waals surface area contributed by atoms with Gasteiger partial charge in [-0.05, 0) is 24.3 Å². The van der Waals surface area contributed by atoms with Crippen LogP contribution in [0.2, 0.25) is 0 Å². The van der Waals surface area contributed by atoms with Gasteiger partial charge >= 0.3 is 0 Å². The zero-order chi connectivity index (χ0) is 17.2. The minimum absolute atomic E-state index is 0.590. The van der Waals surface area contributed by atoms with E-state index in [0.717, 1.165) is 33.1 Å². The Morgan fingerprint density at radius 2 is 2.04 bits per heavy atom. The molecule has 0 saturated heterocycles. The van der Waals surface area contributed by atoms with Crippen molar-refractivity contribution >= 4 is 22.8 Å². The molecule has 0 amide bonds. The number of benzene rings is 1. The molecule has 0 bridgehead atoms. The summed E-state index contributed by atoms with van der Waals surface area (Å²) in [6.07, 6.45) is 5.01. The highest BCUT2D eigenvalue weighted by Gasteiger charge is 2.11. The van der Waals surface area contributed by atoms with E-state index < -0.39 is 0 Å². The van der Waals surface area contributed by atoms with Crippen LogP contribution in [-0.4, -0.2) is 31.8 Å². The van der Waals surface area contributed by atoms with Crippen LogP contribution < -0.4 is 4.74 Å². The topological polar surface area (TPSA) is 78.9 Å². The molecule has 126 valence electrons. The molecule has 0 unspecified atom stereocenters. The van der Waals surface area contributed by atoms with Gasteiger partial charge in [0.05, 0.1) is 24.4 Å². The Kier molecular flexibility index (Phi) is 4.10. The number of thioether (sulfide) groups is 1. The highest BCUT2D eigenvalue weighted by Crippen LogP contribution is 2.28. The molecule has 4 aromatic rings. The van der Waals surface area contributed by atoms with Crippen molar-refractivity contribution in [1.29, 1.82) is 0 Å². The Morgan fingerprint density at radius 1 is 1.20 bits per heavy atom. The van der Waals surface area contributed by atoms with E-state index in [1.165, 1.54) is 0 Å². The second kappa shape index (κ2) is 6.56. The molecule has 4 rings (SSSR count). The van der Waals surface area contributed by atoms with E-state index in [0.29, 0.717) is 11.6 Å². The second-order valence-corrected chi connectivity index (χ2v) is 6.31. The van der Waals surface area contributed by atoms with Gasteiger partial charge in [0.2, 0.25) is 5.89 Å². The molecule has 3 heterocycles. The van der Waals surface area contributed by atoms with E-state index in [1.54, 1.807) is 42.3 Å². The van der Waals surface area contributed by atoms with E-state index in [-0.39, 0.29) is 0 Å². The lowest BCUT2D eigenvalue weighted by Gasteiger charge is -2.00. The van der Waals surface area contributed by atoms with E-state index >= 15 is 0 Å². The summed E-state index contributed by atoms with van der Waals surface area (Å²) in [7, 11) is 3.50. The highest BCUT2D eigenvalue weighted by atomic mass is 32.2. The molecular formula is C17H15N5O2S. The fourth-order valence-electron chi connectivity index (χ4n) is 2.44. The molecule has 0 spiro atoms. The zero-order valence-corrected chi connectivity index (χ0v) is 14.5. The zero-order valence-electron chi connectivity index (χ0n) is 13.7. The van der Waals surface area contributed by atoms with Gasteiger partial charge in [-0.15, -0.1) is 0 Å². The summed E-state index contributed by atoms with van der Waals surface area (Å²) in [4.78, 5) is 13.1. The van der Waals surface area contributed by atoms with Crippen LogP contribution in [0.3, 0.4) is 0 Å². The smallest absolute Gasteiger partial charge is 0.226 e. The molecule has 0 saturated carbocycles. The number of methoxy groups -OCH3 is 1. The van der Waals surface area contributed by atoms with Crippen LogP contribution in [-0.2, 0) is 12.8 Å². The molecule has 0 aliphatic rings. The number of aromatic nitrogens is 5. The maximum absolute atomic E-state index is 5.59. The molecule has 3 aromatic heterocycles. The van der Waals surface area contributed by atoms with E-state index in [1.807, 2.05) is 31.3 Å². The highest BCUT2D eigenvalue weighted by molar-refractivity contribution is 7.98. The first-order valence-electron chi connectivity index (χ1n) is 7.59. The predicted octanol–water partition coefficient (Wildman–Crippen LogP) is 3.32. The third-order valence-corrected chi connectivity index (χ3v) is 4.78. The summed E-state index contributed by atoms with van der Waals surface area (Å²) in [5.41, 5.74) is 2.58. The minimum Gasteiger partial charge on any atom is -0.497 e. The average molecular weight is 353 g/mol. The maximum atomic E-state index is 5.59. The van der Waals surface area contributed by atoms with Gasteiger partial charge in [0.25, 0.3) is 0 Å². The Bertz CT molecular complexity index is 1010. The number of nitrogens with zero attached hydrogens (tertiary/aromatic N) is 5. The van der Waals surface area contributed by atoms with Crippen LogP contribution in [0.1, 0.15) is 5.69 Å². The largest absolute Gasteiger partial charge is 0.497 e. The molecule has 0 atom stereocenters. The summed E-state index contributed by atoms with van der Waals surface area (Å²) in [6.45, 7) is 0. The Morgan fingerprint density at radius 3 is 2.84 bits per heavy atom. The van der Waals surface area contributed by atoms with Gasteiger partial charge in [-0.2, -0.15) is 5.10 Å². The van der Waals surface area contributed by atoms with Crippen molar-refractivity contribution in [2.24, 2.45) is 7.05 Å². The van der Waals surface area contributed by atoms with Crippen LogP contribution in [0, 0.1) is 0 Å². The molecule has 25 heavy (non-hydrogen) atoms. The Hall–Kier alpha value is -2.87. The van der Waals surface area contributed by atoms with Gasteiger partial charge in [0.15, 0.2) is 5.65 Å². The van der Waals surface area contributed by atoms with Crippen molar-refractivity contribution < 1.29 is 9.15 Å². The normalized spacial score (nSPS) is 11.1. The average Bonchev–Trinajstić information content (AvgIpc) is 3.28. The van der Waals surface area contributed by atoms with Gasteiger partial charge < -0.3 is 9.15 Å². The van der Waals surface area contributed by atoms with Crippen molar-refractivity contribution in [3.8, 4) is 17.2 Å². The molecule has 0 fully saturated rings. The molecule has 7 nitrogen and oxygen atoms in total. The lowest BCUT2D eigenvalue weighted by Crippen LogP contribution is -1.93. The van der Waals surface area contributed by atoms with Crippen molar-refractivity contribution in [1.82, 2.24) is 24.7 Å².